The van der Waals surface area contributed by atoms with Crippen molar-refractivity contribution in [3.8, 4) is 0 Å². The van der Waals surface area contributed by atoms with Gasteiger partial charge in [-0.25, -0.2) is 0 Å². The molecule has 2 heterocycles. The molecule has 2 rings (SSSR count). The quantitative estimate of drug-likeness (QED) is 0.613. The lowest BCUT2D eigenvalue weighted by Crippen LogP contribution is -2.28. The maximum Gasteiger partial charge on any atom is 0.188 e. The molecule has 1 saturated heterocycles. The molecule has 0 aliphatic carbocycles. The summed E-state index contributed by atoms with van der Waals surface area (Å²) in [5.41, 5.74) is 0. The van der Waals surface area contributed by atoms with Gasteiger partial charge in [0.1, 0.15) is 0 Å². The molecule has 0 unspecified atom stereocenters. The molecule has 72 valence electrons. The van der Waals surface area contributed by atoms with Crippen LogP contribution in [-0.2, 0) is 6.54 Å². The van der Waals surface area contributed by atoms with Crippen LogP contribution in [0.15, 0.2) is 0 Å². The van der Waals surface area contributed by atoms with Crippen LogP contribution in [0.25, 0.3) is 0 Å². The van der Waals surface area contributed by atoms with Gasteiger partial charge >= 0.3 is 0 Å². The van der Waals surface area contributed by atoms with Gasteiger partial charge in [0, 0.05) is 13.1 Å². The Morgan fingerprint density at radius 1 is 1.31 bits per heavy atom. The number of nitrogens with zero attached hydrogens (tertiary/aromatic N) is 4. The van der Waals surface area contributed by atoms with Crippen molar-refractivity contribution < 1.29 is 0 Å². The van der Waals surface area contributed by atoms with Crippen molar-refractivity contribution in [1.82, 2.24) is 30.8 Å². The van der Waals surface area contributed by atoms with Crippen molar-refractivity contribution in [3.63, 3.8) is 0 Å². The van der Waals surface area contributed by atoms with Gasteiger partial charge in [0.15, 0.2) is 5.82 Å². The summed E-state index contributed by atoms with van der Waals surface area (Å²) in [5, 5.41) is 17.2. The second-order valence-electron chi connectivity index (χ2n) is 3.21. The summed E-state index contributed by atoms with van der Waals surface area (Å²) < 4.78 is 0. The SMILES string of the molecule is C1CNCCN(Cc2nn[nH]n2)C1. The predicted molar refractivity (Wildman–Crippen MR) is 46.9 cm³/mol. The summed E-state index contributed by atoms with van der Waals surface area (Å²) in [4.78, 5) is 2.34. The fourth-order valence-corrected chi connectivity index (χ4v) is 1.51. The van der Waals surface area contributed by atoms with Crippen LogP contribution < -0.4 is 5.32 Å². The van der Waals surface area contributed by atoms with Gasteiger partial charge < -0.3 is 5.32 Å². The molecule has 0 spiro atoms. The molecule has 1 aromatic heterocycles. The summed E-state index contributed by atoms with van der Waals surface area (Å²) in [6.45, 7) is 5.15. The summed E-state index contributed by atoms with van der Waals surface area (Å²) in [5.74, 6) is 0.780. The van der Waals surface area contributed by atoms with Crippen LogP contribution in [0.5, 0.6) is 0 Å². The minimum absolute atomic E-state index is 0.780. The lowest BCUT2D eigenvalue weighted by Gasteiger charge is -2.16. The van der Waals surface area contributed by atoms with Crippen molar-refractivity contribution >= 4 is 0 Å². The number of rotatable bonds is 2. The average molecular weight is 182 g/mol. The fraction of sp³-hybridized carbons (Fsp3) is 0.857. The van der Waals surface area contributed by atoms with E-state index in [1.54, 1.807) is 0 Å². The first-order chi connectivity index (χ1) is 6.45. The van der Waals surface area contributed by atoms with E-state index in [9.17, 15) is 0 Å². The molecule has 1 aliphatic rings. The molecule has 0 amide bonds. The zero-order valence-corrected chi connectivity index (χ0v) is 7.53. The van der Waals surface area contributed by atoms with E-state index in [1.807, 2.05) is 0 Å². The fourth-order valence-electron chi connectivity index (χ4n) is 1.51. The summed E-state index contributed by atoms with van der Waals surface area (Å²) in [7, 11) is 0. The van der Waals surface area contributed by atoms with Crippen molar-refractivity contribution in [1.29, 1.82) is 0 Å². The van der Waals surface area contributed by atoms with Crippen molar-refractivity contribution in [3.05, 3.63) is 5.82 Å². The van der Waals surface area contributed by atoms with Crippen LogP contribution in [-0.4, -0.2) is 51.7 Å². The molecule has 13 heavy (non-hydrogen) atoms. The van der Waals surface area contributed by atoms with Crippen LogP contribution in [0, 0.1) is 0 Å². The van der Waals surface area contributed by atoms with Gasteiger partial charge in [-0.1, -0.05) is 5.21 Å². The van der Waals surface area contributed by atoms with Gasteiger partial charge in [0.2, 0.25) is 0 Å². The van der Waals surface area contributed by atoms with E-state index in [0.717, 1.165) is 38.5 Å². The maximum absolute atomic E-state index is 3.93. The highest BCUT2D eigenvalue weighted by Crippen LogP contribution is 1.99. The van der Waals surface area contributed by atoms with Crippen LogP contribution in [0.4, 0.5) is 0 Å². The second kappa shape index (κ2) is 4.29. The third-order valence-electron chi connectivity index (χ3n) is 2.19. The molecule has 1 aromatic rings. The molecular weight excluding hydrogens is 168 g/mol. The Hall–Kier alpha value is -1.01. The number of tetrazole rings is 1. The van der Waals surface area contributed by atoms with Gasteiger partial charge in [0.05, 0.1) is 6.54 Å². The Balaban J connectivity index is 1.86. The summed E-state index contributed by atoms with van der Waals surface area (Å²) in [6, 6.07) is 0. The number of hydrogen-bond acceptors (Lipinski definition) is 5. The molecule has 6 heteroatoms. The van der Waals surface area contributed by atoms with Gasteiger partial charge in [-0.15, -0.1) is 10.2 Å². The van der Waals surface area contributed by atoms with Crippen LogP contribution in [0.1, 0.15) is 12.2 Å². The van der Waals surface area contributed by atoms with E-state index in [-0.39, 0.29) is 0 Å². The summed E-state index contributed by atoms with van der Waals surface area (Å²) in [6.07, 6.45) is 1.19. The molecular formula is C7H14N6. The van der Waals surface area contributed by atoms with E-state index >= 15 is 0 Å². The largest absolute Gasteiger partial charge is 0.315 e. The average Bonchev–Trinajstić information content (AvgIpc) is 2.49. The third-order valence-corrected chi connectivity index (χ3v) is 2.19. The number of H-pyrrole nitrogens is 1. The molecule has 0 atom stereocenters. The normalized spacial score (nSPS) is 20.0. The van der Waals surface area contributed by atoms with Gasteiger partial charge in [-0.3, -0.25) is 4.90 Å². The molecule has 0 bridgehead atoms. The van der Waals surface area contributed by atoms with Crippen molar-refractivity contribution in [2.75, 3.05) is 26.2 Å². The standard InChI is InChI=1S/C7H14N6/c1-2-8-3-5-13(4-1)6-7-9-11-12-10-7/h8H,1-6H2,(H,9,10,11,12). The molecule has 0 aromatic carbocycles. The van der Waals surface area contributed by atoms with Crippen molar-refractivity contribution in [2.45, 2.75) is 13.0 Å². The van der Waals surface area contributed by atoms with Crippen LogP contribution in [0.3, 0.4) is 0 Å². The second-order valence-corrected chi connectivity index (χ2v) is 3.21. The minimum Gasteiger partial charge on any atom is -0.315 e. The lowest BCUT2D eigenvalue weighted by molar-refractivity contribution is 0.277. The molecule has 1 fully saturated rings. The van der Waals surface area contributed by atoms with E-state index in [1.165, 1.54) is 6.42 Å². The van der Waals surface area contributed by atoms with Gasteiger partial charge in [-0.05, 0) is 19.5 Å². The van der Waals surface area contributed by atoms with E-state index in [2.05, 4.69) is 30.8 Å². The number of aromatic nitrogens is 4. The topological polar surface area (TPSA) is 69.7 Å². The number of nitrogens with one attached hydrogen (secondary N) is 2. The summed E-state index contributed by atoms with van der Waals surface area (Å²) >= 11 is 0. The zero-order valence-electron chi connectivity index (χ0n) is 7.53. The third kappa shape index (κ3) is 2.46. The van der Waals surface area contributed by atoms with Crippen LogP contribution in [0.2, 0.25) is 0 Å². The Morgan fingerprint density at radius 3 is 3.15 bits per heavy atom. The van der Waals surface area contributed by atoms with E-state index in [0.29, 0.717) is 0 Å². The molecule has 6 nitrogen and oxygen atoms in total. The Morgan fingerprint density at radius 2 is 2.31 bits per heavy atom. The lowest BCUT2D eigenvalue weighted by atomic mass is 10.4. The van der Waals surface area contributed by atoms with E-state index < -0.39 is 0 Å². The molecule has 1 aliphatic heterocycles. The van der Waals surface area contributed by atoms with Gasteiger partial charge in [-0.2, -0.15) is 5.21 Å². The highest BCUT2D eigenvalue weighted by molar-refractivity contribution is 4.77. The first-order valence-corrected chi connectivity index (χ1v) is 4.60. The first kappa shape index (κ1) is 8.58. The molecule has 0 radical (unpaired) electrons. The van der Waals surface area contributed by atoms with Crippen LogP contribution >= 0.6 is 0 Å². The minimum atomic E-state index is 0.780. The smallest absolute Gasteiger partial charge is 0.188 e. The monoisotopic (exact) mass is 182 g/mol. The first-order valence-electron chi connectivity index (χ1n) is 4.60. The van der Waals surface area contributed by atoms with Crippen molar-refractivity contribution in [2.24, 2.45) is 0 Å². The van der Waals surface area contributed by atoms with Gasteiger partial charge in [0.25, 0.3) is 0 Å². The Bertz CT molecular complexity index is 225. The number of aromatic amines is 1. The molecule has 0 saturated carbocycles. The Labute approximate surface area is 76.7 Å². The molecule has 2 N–H and O–H groups in total. The maximum atomic E-state index is 3.93. The number of hydrogen-bond donors (Lipinski definition) is 2. The Kier molecular flexibility index (Phi) is 2.83. The predicted octanol–water partition coefficient (Wildman–Crippen LogP) is -1.00. The highest BCUT2D eigenvalue weighted by atomic mass is 15.5. The zero-order chi connectivity index (χ0) is 8.93. The van der Waals surface area contributed by atoms with E-state index in [4.69, 9.17) is 0 Å². The highest BCUT2D eigenvalue weighted by Gasteiger charge is 2.10.